The molecule has 1 atom stereocenters. The van der Waals surface area contributed by atoms with Gasteiger partial charge >= 0.3 is 5.97 Å². The van der Waals surface area contributed by atoms with Crippen molar-refractivity contribution in [2.24, 2.45) is 0 Å². The number of nitro groups is 1. The molecular formula is C20H28N4O6. The smallest absolute Gasteiger partial charge is 0.338 e. The van der Waals surface area contributed by atoms with Crippen molar-refractivity contribution in [2.75, 3.05) is 31.1 Å². The number of carbonyl (C=O) groups is 3. The zero-order chi connectivity index (χ0) is 22.1. The van der Waals surface area contributed by atoms with Gasteiger partial charge < -0.3 is 20.3 Å². The van der Waals surface area contributed by atoms with E-state index in [9.17, 15) is 24.5 Å². The number of amides is 2. The van der Waals surface area contributed by atoms with E-state index in [1.807, 2.05) is 4.90 Å². The van der Waals surface area contributed by atoms with Crippen molar-refractivity contribution in [3.8, 4) is 0 Å². The lowest BCUT2D eigenvalue weighted by Crippen LogP contribution is -2.46. The topological polar surface area (TPSA) is 131 Å². The van der Waals surface area contributed by atoms with Crippen LogP contribution in [0.15, 0.2) is 18.2 Å². The molecule has 10 nitrogen and oxygen atoms in total. The van der Waals surface area contributed by atoms with Crippen LogP contribution in [0.1, 0.15) is 49.9 Å². The van der Waals surface area contributed by atoms with Crippen molar-refractivity contribution >= 4 is 29.2 Å². The maximum Gasteiger partial charge on any atom is 0.338 e. The zero-order valence-corrected chi connectivity index (χ0v) is 17.3. The molecule has 2 amide bonds. The molecule has 1 aliphatic rings. The Bertz CT molecular complexity index is 790. The number of ether oxygens (including phenoxy) is 1. The van der Waals surface area contributed by atoms with Gasteiger partial charge in [-0.2, -0.15) is 0 Å². The molecule has 0 saturated carbocycles. The Morgan fingerprint density at radius 1 is 1.20 bits per heavy atom. The molecule has 0 bridgehead atoms. The van der Waals surface area contributed by atoms with Crippen LogP contribution in [0, 0.1) is 10.1 Å². The summed E-state index contributed by atoms with van der Waals surface area (Å²) in [4.78, 5) is 48.8. The summed E-state index contributed by atoms with van der Waals surface area (Å²) in [5, 5.41) is 16.5. The molecule has 164 valence electrons. The Labute approximate surface area is 175 Å². The van der Waals surface area contributed by atoms with E-state index < -0.39 is 29.4 Å². The molecule has 10 heteroatoms. The molecule has 0 unspecified atom stereocenters. The van der Waals surface area contributed by atoms with Crippen molar-refractivity contribution < 1.29 is 24.0 Å². The van der Waals surface area contributed by atoms with Crippen LogP contribution >= 0.6 is 0 Å². The SMILES string of the molecule is CCNC(=O)[C@H](C)NC(=O)COC(=O)c1ccc(N2CCCCCC2)c([N+](=O)[O-])c1. The number of rotatable bonds is 8. The Hall–Kier alpha value is -3.17. The summed E-state index contributed by atoms with van der Waals surface area (Å²) in [6.45, 7) is 4.56. The third-order valence-electron chi connectivity index (χ3n) is 4.81. The van der Waals surface area contributed by atoms with Crippen LogP contribution in [0.5, 0.6) is 0 Å². The Morgan fingerprint density at radius 3 is 2.47 bits per heavy atom. The maximum absolute atomic E-state index is 12.3. The summed E-state index contributed by atoms with van der Waals surface area (Å²) in [6, 6.07) is 3.42. The molecule has 1 aromatic rings. The standard InChI is InChI=1S/C20H28N4O6/c1-3-21-19(26)14(2)22-18(25)13-30-20(27)15-8-9-16(17(12-15)24(28)29)23-10-6-4-5-7-11-23/h8-9,12,14H,3-7,10-11,13H2,1-2H3,(H,21,26)(H,22,25)/t14-/m0/s1. The van der Waals surface area contributed by atoms with Gasteiger partial charge in [0, 0.05) is 25.7 Å². The van der Waals surface area contributed by atoms with Crippen molar-refractivity contribution in [2.45, 2.75) is 45.6 Å². The predicted octanol–water partition coefficient (Wildman–Crippen LogP) is 1.77. The summed E-state index contributed by atoms with van der Waals surface area (Å²) < 4.78 is 4.95. The van der Waals surface area contributed by atoms with Gasteiger partial charge in [0.2, 0.25) is 5.91 Å². The summed E-state index contributed by atoms with van der Waals surface area (Å²) in [5.41, 5.74) is 0.303. The Balaban J connectivity index is 2.01. The van der Waals surface area contributed by atoms with E-state index in [-0.39, 0.29) is 17.2 Å². The van der Waals surface area contributed by atoms with Crippen LogP contribution < -0.4 is 15.5 Å². The van der Waals surface area contributed by atoms with Crippen molar-refractivity contribution in [1.82, 2.24) is 10.6 Å². The largest absolute Gasteiger partial charge is 0.452 e. The van der Waals surface area contributed by atoms with E-state index in [0.717, 1.165) is 38.8 Å². The molecule has 0 spiro atoms. The quantitative estimate of drug-likeness (QED) is 0.372. The van der Waals surface area contributed by atoms with Crippen LogP contribution in [-0.4, -0.2) is 55.0 Å². The van der Waals surface area contributed by atoms with Crippen LogP contribution in [0.4, 0.5) is 11.4 Å². The minimum atomic E-state index is -0.846. The second kappa shape index (κ2) is 11.1. The van der Waals surface area contributed by atoms with Crippen LogP contribution in [-0.2, 0) is 14.3 Å². The molecule has 1 fully saturated rings. The lowest BCUT2D eigenvalue weighted by molar-refractivity contribution is -0.384. The highest BCUT2D eigenvalue weighted by Crippen LogP contribution is 2.31. The number of anilines is 1. The predicted molar refractivity (Wildman–Crippen MR) is 110 cm³/mol. The first-order valence-corrected chi connectivity index (χ1v) is 10.1. The first kappa shape index (κ1) is 23.1. The first-order valence-electron chi connectivity index (χ1n) is 10.1. The second-order valence-corrected chi connectivity index (χ2v) is 7.12. The van der Waals surface area contributed by atoms with E-state index in [0.29, 0.717) is 12.2 Å². The molecular weight excluding hydrogens is 392 g/mol. The van der Waals surface area contributed by atoms with Crippen molar-refractivity contribution in [1.29, 1.82) is 0 Å². The number of hydrogen-bond donors (Lipinski definition) is 2. The maximum atomic E-state index is 12.3. The minimum absolute atomic E-state index is 0.00940. The highest BCUT2D eigenvalue weighted by atomic mass is 16.6. The number of nitro benzene ring substituents is 1. The van der Waals surface area contributed by atoms with E-state index in [1.165, 1.54) is 19.1 Å². The summed E-state index contributed by atoms with van der Waals surface area (Å²) in [6.07, 6.45) is 4.11. The van der Waals surface area contributed by atoms with Gasteiger partial charge in [0.05, 0.1) is 10.5 Å². The Kier molecular flexibility index (Phi) is 8.57. The van der Waals surface area contributed by atoms with Gasteiger partial charge in [-0.25, -0.2) is 4.79 Å². The number of carbonyl (C=O) groups excluding carboxylic acids is 3. The molecule has 1 saturated heterocycles. The van der Waals surface area contributed by atoms with Crippen LogP contribution in [0.2, 0.25) is 0 Å². The van der Waals surface area contributed by atoms with Gasteiger partial charge in [-0.3, -0.25) is 19.7 Å². The molecule has 2 N–H and O–H groups in total. The monoisotopic (exact) mass is 420 g/mol. The molecule has 0 aromatic heterocycles. The molecule has 1 heterocycles. The highest BCUT2D eigenvalue weighted by Gasteiger charge is 2.23. The molecule has 2 rings (SSSR count). The van der Waals surface area contributed by atoms with Crippen LogP contribution in [0.3, 0.4) is 0 Å². The fraction of sp³-hybridized carbons (Fsp3) is 0.550. The summed E-state index contributed by atoms with van der Waals surface area (Å²) in [5.74, 6) is -1.84. The van der Waals surface area contributed by atoms with Gasteiger partial charge in [-0.1, -0.05) is 12.8 Å². The number of nitrogens with zero attached hydrogens (tertiary/aromatic N) is 2. The fourth-order valence-electron chi connectivity index (χ4n) is 3.27. The van der Waals surface area contributed by atoms with Crippen molar-refractivity contribution in [3.05, 3.63) is 33.9 Å². The first-order chi connectivity index (χ1) is 14.3. The number of likely N-dealkylation sites (N-methyl/N-ethyl adjacent to an activating group) is 1. The number of hydrogen-bond acceptors (Lipinski definition) is 7. The Morgan fingerprint density at radius 2 is 1.87 bits per heavy atom. The lowest BCUT2D eigenvalue weighted by atomic mass is 10.1. The van der Waals surface area contributed by atoms with Gasteiger partial charge in [0.1, 0.15) is 11.7 Å². The fourth-order valence-corrected chi connectivity index (χ4v) is 3.27. The highest BCUT2D eigenvalue weighted by molar-refractivity contribution is 5.93. The number of benzene rings is 1. The average molecular weight is 420 g/mol. The zero-order valence-electron chi connectivity index (χ0n) is 17.3. The van der Waals surface area contributed by atoms with E-state index in [1.54, 1.807) is 13.0 Å². The summed E-state index contributed by atoms with van der Waals surface area (Å²) >= 11 is 0. The van der Waals surface area contributed by atoms with Gasteiger partial charge in [0.15, 0.2) is 6.61 Å². The summed E-state index contributed by atoms with van der Waals surface area (Å²) in [7, 11) is 0. The van der Waals surface area contributed by atoms with Gasteiger partial charge in [-0.15, -0.1) is 0 Å². The molecule has 1 aliphatic heterocycles. The average Bonchev–Trinajstić information content (AvgIpc) is 3.01. The molecule has 0 radical (unpaired) electrons. The number of esters is 1. The molecule has 0 aliphatic carbocycles. The third kappa shape index (κ3) is 6.43. The van der Waals surface area contributed by atoms with Crippen molar-refractivity contribution in [3.63, 3.8) is 0 Å². The normalized spacial score (nSPS) is 14.9. The van der Waals surface area contributed by atoms with Gasteiger partial charge in [-0.05, 0) is 38.8 Å². The minimum Gasteiger partial charge on any atom is -0.452 e. The van der Waals surface area contributed by atoms with E-state index in [4.69, 9.17) is 4.74 Å². The lowest BCUT2D eigenvalue weighted by Gasteiger charge is -2.22. The molecule has 30 heavy (non-hydrogen) atoms. The third-order valence-corrected chi connectivity index (χ3v) is 4.81. The number of nitrogens with one attached hydrogen (secondary N) is 2. The van der Waals surface area contributed by atoms with E-state index >= 15 is 0 Å². The van der Waals surface area contributed by atoms with Gasteiger partial charge in [0.25, 0.3) is 11.6 Å². The molecule has 1 aromatic carbocycles. The van der Waals surface area contributed by atoms with Crippen LogP contribution in [0.25, 0.3) is 0 Å². The van der Waals surface area contributed by atoms with E-state index in [2.05, 4.69) is 10.6 Å². The second-order valence-electron chi connectivity index (χ2n) is 7.12.